The molecule has 0 fully saturated rings. The lowest BCUT2D eigenvalue weighted by atomic mass is 10.1. The molecule has 18 heavy (non-hydrogen) atoms. The van der Waals surface area contributed by atoms with Crippen LogP contribution in [-0.2, 0) is 12.4 Å². The van der Waals surface area contributed by atoms with E-state index < -0.39 is 0 Å². The van der Waals surface area contributed by atoms with Gasteiger partial charge in [0.25, 0.3) is 5.56 Å². The van der Waals surface area contributed by atoms with Crippen LogP contribution in [0.5, 0.6) is 0 Å². The first kappa shape index (κ1) is 13.2. The molecule has 0 saturated heterocycles. The largest absolute Gasteiger partial charge is 0.308 e. The maximum Gasteiger partial charge on any atom is 0.255 e. The van der Waals surface area contributed by atoms with Crippen molar-refractivity contribution in [3.8, 4) is 11.3 Å². The lowest BCUT2D eigenvalue weighted by Gasteiger charge is -2.12. The zero-order chi connectivity index (χ0) is 13.1. The highest BCUT2D eigenvalue weighted by Crippen LogP contribution is 2.21. The van der Waals surface area contributed by atoms with Crippen molar-refractivity contribution in [2.75, 3.05) is 0 Å². The van der Waals surface area contributed by atoms with Gasteiger partial charge in [-0.2, -0.15) is 0 Å². The second-order valence-corrected chi connectivity index (χ2v) is 4.64. The number of aromatic nitrogens is 1. The molecule has 0 aliphatic rings. The van der Waals surface area contributed by atoms with E-state index in [1.54, 1.807) is 10.6 Å². The third kappa shape index (κ3) is 2.45. The average molecular weight is 282 g/mol. The van der Waals surface area contributed by atoms with E-state index in [9.17, 15) is 4.79 Å². The molecule has 2 aromatic rings. The van der Waals surface area contributed by atoms with Gasteiger partial charge in [0.05, 0.1) is 11.6 Å². The summed E-state index contributed by atoms with van der Waals surface area (Å²) in [6, 6.07) is 11.2. The molecule has 0 aliphatic carbocycles. The van der Waals surface area contributed by atoms with Gasteiger partial charge in [-0.25, -0.2) is 0 Å². The molecule has 1 heterocycles. The normalized spacial score (nSPS) is 10.6. The van der Waals surface area contributed by atoms with Gasteiger partial charge in [-0.1, -0.05) is 29.8 Å². The topological polar surface area (TPSA) is 22.0 Å². The molecular formula is C14H13Cl2NO. The second kappa shape index (κ2) is 5.59. The Morgan fingerprint density at radius 1 is 1.11 bits per heavy atom. The molecule has 0 bridgehead atoms. The van der Waals surface area contributed by atoms with E-state index in [0.29, 0.717) is 17.1 Å². The number of pyridine rings is 1. The summed E-state index contributed by atoms with van der Waals surface area (Å²) < 4.78 is 1.72. The van der Waals surface area contributed by atoms with Crippen LogP contribution in [0.1, 0.15) is 12.5 Å². The Hall–Kier alpha value is -1.25. The van der Waals surface area contributed by atoms with Gasteiger partial charge in [0, 0.05) is 17.1 Å². The third-order valence-corrected chi connectivity index (χ3v) is 3.39. The quantitative estimate of drug-likeness (QED) is 0.782. The van der Waals surface area contributed by atoms with Gasteiger partial charge in [-0.05, 0) is 30.7 Å². The van der Waals surface area contributed by atoms with Crippen LogP contribution in [0.3, 0.4) is 0 Å². The molecule has 0 unspecified atom stereocenters. The standard InChI is InChI=1S/C14H13Cl2NO/c1-2-17-13(8-5-11(9-15)14(17)18)10-3-6-12(16)7-4-10/h3-8H,2,9H2,1H3. The minimum Gasteiger partial charge on any atom is -0.308 e. The minimum absolute atomic E-state index is 0.0278. The Balaban J connectivity index is 2.61. The highest BCUT2D eigenvalue weighted by molar-refractivity contribution is 6.30. The fourth-order valence-electron chi connectivity index (χ4n) is 1.91. The van der Waals surface area contributed by atoms with Crippen molar-refractivity contribution in [1.82, 2.24) is 4.57 Å². The van der Waals surface area contributed by atoms with E-state index in [4.69, 9.17) is 23.2 Å². The smallest absolute Gasteiger partial charge is 0.255 e. The molecular weight excluding hydrogens is 269 g/mol. The first-order valence-electron chi connectivity index (χ1n) is 5.72. The minimum atomic E-state index is -0.0278. The predicted octanol–water partition coefficient (Wildman–Crippen LogP) is 3.93. The molecule has 0 aliphatic heterocycles. The SMILES string of the molecule is CCn1c(-c2ccc(Cl)cc2)ccc(CCl)c1=O. The summed E-state index contributed by atoms with van der Waals surface area (Å²) in [4.78, 5) is 12.1. The molecule has 0 amide bonds. The summed E-state index contributed by atoms with van der Waals surface area (Å²) in [6.45, 7) is 2.56. The average Bonchev–Trinajstić information content (AvgIpc) is 2.39. The Morgan fingerprint density at radius 3 is 2.33 bits per heavy atom. The van der Waals surface area contributed by atoms with E-state index >= 15 is 0 Å². The molecule has 0 radical (unpaired) electrons. The number of hydrogen-bond acceptors (Lipinski definition) is 1. The number of halogens is 2. The molecule has 0 atom stereocenters. The van der Waals surface area contributed by atoms with Crippen LogP contribution < -0.4 is 5.56 Å². The van der Waals surface area contributed by atoms with Crippen molar-refractivity contribution in [1.29, 1.82) is 0 Å². The van der Waals surface area contributed by atoms with E-state index in [-0.39, 0.29) is 11.4 Å². The maximum atomic E-state index is 12.1. The van der Waals surface area contributed by atoms with E-state index in [2.05, 4.69) is 0 Å². The Bertz CT molecular complexity index is 602. The van der Waals surface area contributed by atoms with Gasteiger partial charge < -0.3 is 4.57 Å². The van der Waals surface area contributed by atoms with Crippen molar-refractivity contribution in [2.24, 2.45) is 0 Å². The fourth-order valence-corrected chi connectivity index (χ4v) is 2.24. The van der Waals surface area contributed by atoms with Gasteiger partial charge in [0.2, 0.25) is 0 Å². The highest BCUT2D eigenvalue weighted by atomic mass is 35.5. The van der Waals surface area contributed by atoms with Gasteiger partial charge in [-0.3, -0.25) is 4.79 Å². The molecule has 2 rings (SSSR count). The van der Waals surface area contributed by atoms with Gasteiger partial charge in [-0.15, -0.1) is 11.6 Å². The molecule has 1 aromatic carbocycles. The second-order valence-electron chi connectivity index (χ2n) is 3.93. The number of benzene rings is 1. The van der Waals surface area contributed by atoms with Crippen molar-refractivity contribution in [3.63, 3.8) is 0 Å². The van der Waals surface area contributed by atoms with E-state index in [1.807, 2.05) is 37.3 Å². The van der Waals surface area contributed by atoms with Gasteiger partial charge in [0.15, 0.2) is 0 Å². The Morgan fingerprint density at radius 2 is 1.78 bits per heavy atom. The summed E-state index contributed by atoms with van der Waals surface area (Å²) in [6.07, 6.45) is 0. The lowest BCUT2D eigenvalue weighted by Crippen LogP contribution is -2.23. The van der Waals surface area contributed by atoms with E-state index in [0.717, 1.165) is 11.3 Å². The van der Waals surface area contributed by atoms with Crippen molar-refractivity contribution in [2.45, 2.75) is 19.3 Å². The Kier molecular flexibility index (Phi) is 4.10. The third-order valence-electron chi connectivity index (χ3n) is 2.85. The van der Waals surface area contributed by atoms with Gasteiger partial charge in [0.1, 0.15) is 0 Å². The van der Waals surface area contributed by atoms with E-state index in [1.165, 1.54) is 0 Å². The van der Waals surface area contributed by atoms with Crippen LogP contribution in [0.25, 0.3) is 11.3 Å². The number of nitrogens with zero attached hydrogens (tertiary/aromatic N) is 1. The van der Waals surface area contributed by atoms with Crippen LogP contribution in [0.4, 0.5) is 0 Å². The highest BCUT2D eigenvalue weighted by Gasteiger charge is 2.08. The molecule has 0 saturated carbocycles. The summed E-state index contributed by atoms with van der Waals surface area (Å²) >= 11 is 11.6. The summed E-state index contributed by atoms with van der Waals surface area (Å²) in [5.41, 5.74) is 2.45. The monoisotopic (exact) mass is 281 g/mol. The predicted molar refractivity (Wildman–Crippen MR) is 76.4 cm³/mol. The first-order chi connectivity index (χ1) is 8.67. The zero-order valence-electron chi connectivity index (χ0n) is 9.99. The number of alkyl halides is 1. The van der Waals surface area contributed by atoms with Crippen molar-refractivity contribution >= 4 is 23.2 Å². The van der Waals surface area contributed by atoms with Crippen LogP contribution in [-0.4, -0.2) is 4.57 Å². The molecule has 4 heteroatoms. The van der Waals surface area contributed by atoms with Crippen molar-refractivity contribution < 1.29 is 0 Å². The van der Waals surface area contributed by atoms with Crippen LogP contribution >= 0.6 is 23.2 Å². The van der Waals surface area contributed by atoms with Crippen LogP contribution in [0, 0.1) is 0 Å². The molecule has 0 spiro atoms. The summed E-state index contributed by atoms with van der Waals surface area (Å²) in [5.74, 6) is 0.236. The molecule has 0 N–H and O–H groups in total. The maximum absolute atomic E-state index is 12.1. The molecule has 94 valence electrons. The van der Waals surface area contributed by atoms with Gasteiger partial charge >= 0.3 is 0 Å². The van der Waals surface area contributed by atoms with Crippen LogP contribution in [0.2, 0.25) is 5.02 Å². The molecule has 2 nitrogen and oxygen atoms in total. The fraction of sp³-hybridized carbons (Fsp3) is 0.214. The summed E-state index contributed by atoms with van der Waals surface area (Å²) in [5, 5.41) is 0.682. The van der Waals surface area contributed by atoms with Crippen LogP contribution in [0.15, 0.2) is 41.2 Å². The lowest BCUT2D eigenvalue weighted by molar-refractivity contribution is 0.728. The zero-order valence-corrected chi connectivity index (χ0v) is 11.5. The number of rotatable bonds is 3. The summed E-state index contributed by atoms with van der Waals surface area (Å²) in [7, 11) is 0. The number of hydrogen-bond donors (Lipinski definition) is 0. The Labute approximate surface area is 116 Å². The first-order valence-corrected chi connectivity index (χ1v) is 6.63. The van der Waals surface area contributed by atoms with Crippen molar-refractivity contribution in [3.05, 3.63) is 57.3 Å². The molecule has 1 aromatic heterocycles.